The van der Waals surface area contributed by atoms with Crippen molar-refractivity contribution in [3.05, 3.63) is 64.8 Å². The number of halogens is 2. The van der Waals surface area contributed by atoms with E-state index in [1.54, 1.807) is 6.20 Å². The van der Waals surface area contributed by atoms with Crippen LogP contribution in [0.1, 0.15) is 20.8 Å². The highest BCUT2D eigenvalue weighted by atomic mass is 35.5. The lowest BCUT2D eigenvalue weighted by Gasteiger charge is -2.14. The predicted octanol–water partition coefficient (Wildman–Crippen LogP) is 5.87. The molecule has 1 unspecified atom stereocenters. The largest absolute Gasteiger partial charge is 0.472 e. The maximum absolute atomic E-state index is 6.00. The molecule has 3 rings (SSSR count). The Balaban J connectivity index is 0.00000126. The Labute approximate surface area is 170 Å². The lowest BCUT2D eigenvalue weighted by Crippen LogP contribution is -2.23. The van der Waals surface area contributed by atoms with Gasteiger partial charge in [-0.3, -0.25) is 0 Å². The number of nitrogens with zero attached hydrogens (tertiary/aromatic N) is 2. The fourth-order valence-corrected chi connectivity index (χ4v) is 2.56. The van der Waals surface area contributed by atoms with E-state index in [0.29, 0.717) is 28.2 Å². The van der Waals surface area contributed by atoms with E-state index in [-0.39, 0.29) is 6.10 Å². The first-order chi connectivity index (χ1) is 13.1. The molecular formula is C21H23Cl2N3O. The monoisotopic (exact) mass is 403 g/mol. The third kappa shape index (κ3) is 5.67. The Morgan fingerprint density at radius 1 is 0.889 bits per heavy atom. The molecule has 0 aliphatic carbocycles. The maximum Gasteiger partial charge on any atom is 0.233 e. The van der Waals surface area contributed by atoms with Gasteiger partial charge in [-0.05, 0) is 31.2 Å². The number of benzene rings is 2. The van der Waals surface area contributed by atoms with E-state index in [9.17, 15) is 0 Å². The lowest BCUT2D eigenvalue weighted by atomic mass is 10.0. The minimum atomic E-state index is -0.145. The van der Waals surface area contributed by atoms with Gasteiger partial charge in [0.25, 0.3) is 0 Å². The number of nitrogens with two attached hydrogens (primary N) is 1. The Bertz CT molecular complexity index is 852. The van der Waals surface area contributed by atoms with Crippen LogP contribution in [0.4, 0.5) is 0 Å². The predicted molar refractivity (Wildman–Crippen MR) is 113 cm³/mol. The first-order valence-electron chi connectivity index (χ1n) is 8.82. The van der Waals surface area contributed by atoms with Crippen LogP contribution in [0, 0.1) is 0 Å². The van der Waals surface area contributed by atoms with Crippen LogP contribution in [0.3, 0.4) is 0 Å². The molecule has 4 nitrogen and oxygen atoms in total. The summed E-state index contributed by atoms with van der Waals surface area (Å²) in [5.41, 5.74) is 8.88. The normalized spacial score (nSPS) is 11.3. The van der Waals surface area contributed by atoms with E-state index < -0.39 is 0 Å². The van der Waals surface area contributed by atoms with E-state index in [1.165, 1.54) is 0 Å². The van der Waals surface area contributed by atoms with Crippen molar-refractivity contribution in [2.24, 2.45) is 5.73 Å². The second kappa shape index (κ2) is 10.3. The van der Waals surface area contributed by atoms with Gasteiger partial charge in [0, 0.05) is 27.7 Å². The zero-order valence-electron chi connectivity index (χ0n) is 15.6. The van der Waals surface area contributed by atoms with Gasteiger partial charge in [0.1, 0.15) is 11.8 Å². The fourth-order valence-electron chi connectivity index (χ4n) is 2.31. The van der Waals surface area contributed by atoms with E-state index >= 15 is 0 Å². The average Bonchev–Trinajstić information content (AvgIpc) is 2.71. The number of rotatable bonds is 5. The molecule has 0 spiro atoms. The second-order valence-corrected chi connectivity index (χ2v) is 6.46. The van der Waals surface area contributed by atoms with Crippen molar-refractivity contribution in [1.29, 1.82) is 0 Å². The molecule has 0 aliphatic heterocycles. The molecule has 2 aromatic carbocycles. The minimum absolute atomic E-state index is 0.145. The van der Waals surface area contributed by atoms with Crippen LogP contribution < -0.4 is 10.5 Å². The van der Waals surface area contributed by atoms with E-state index in [4.69, 9.17) is 33.7 Å². The maximum atomic E-state index is 6.00. The lowest BCUT2D eigenvalue weighted by molar-refractivity contribution is 0.220. The number of hydrogen-bond donors (Lipinski definition) is 1. The third-order valence-electron chi connectivity index (χ3n) is 3.64. The van der Waals surface area contributed by atoms with Crippen LogP contribution in [0.5, 0.6) is 5.88 Å². The summed E-state index contributed by atoms with van der Waals surface area (Å²) in [6.45, 7) is 6.29. The first-order valence-corrected chi connectivity index (χ1v) is 9.58. The Kier molecular flexibility index (Phi) is 8.04. The summed E-state index contributed by atoms with van der Waals surface area (Å²) in [5.74, 6) is 0.431. The van der Waals surface area contributed by atoms with Gasteiger partial charge in [0.2, 0.25) is 5.88 Å². The zero-order valence-corrected chi connectivity index (χ0v) is 17.1. The molecule has 0 aliphatic rings. The highest BCUT2D eigenvalue weighted by Crippen LogP contribution is 2.31. The van der Waals surface area contributed by atoms with Crippen molar-refractivity contribution >= 4 is 23.2 Å². The average molecular weight is 404 g/mol. The highest BCUT2D eigenvalue weighted by Gasteiger charge is 2.14. The van der Waals surface area contributed by atoms with Crippen LogP contribution in [0.25, 0.3) is 22.5 Å². The second-order valence-electron chi connectivity index (χ2n) is 5.58. The quantitative estimate of drug-likeness (QED) is 0.578. The number of ether oxygens (including phenoxy) is 1. The smallest absolute Gasteiger partial charge is 0.233 e. The molecule has 142 valence electrons. The molecule has 6 heteroatoms. The molecule has 0 saturated heterocycles. The summed E-state index contributed by atoms with van der Waals surface area (Å²) in [4.78, 5) is 9.20. The van der Waals surface area contributed by atoms with Gasteiger partial charge < -0.3 is 10.5 Å². The molecule has 2 N–H and O–H groups in total. The Morgan fingerprint density at radius 2 is 1.37 bits per heavy atom. The zero-order chi connectivity index (χ0) is 19.8. The van der Waals surface area contributed by atoms with Crippen molar-refractivity contribution in [3.63, 3.8) is 0 Å². The van der Waals surface area contributed by atoms with Crippen LogP contribution in [0.2, 0.25) is 10.0 Å². The van der Waals surface area contributed by atoms with E-state index in [0.717, 1.165) is 16.8 Å². The topological polar surface area (TPSA) is 61.0 Å². The summed E-state index contributed by atoms with van der Waals surface area (Å²) in [7, 11) is 0. The SMILES string of the molecule is CC.CC(CN)Oc1cnc(-c2ccc(Cl)cc2)c(-c2ccc(Cl)cc2)n1. The molecule has 0 radical (unpaired) electrons. The van der Waals surface area contributed by atoms with Crippen molar-refractivity contribution in [2.75, 3.05) is 6.54 Å². The van der Waals surface area contributed by atoms with Crippen LogP contribution >= 0.6 is 23.2 Å². The molecule has 1 atom stereocenters. The molecule has 1 heterocycles. The summed E-state index contributed by atoms with van der Waals surface area (Å²) in [5, 5.41) is 1.33. The highest BCUT2D eigenvalue weighted by molar-refractivity contribution is 6.31. The molecule has 27 heavy (non-hydrogen) atoms. The molecule has 3 aromatic rings. The summed E-state index contributed by atoms with van der Waals surface area (Å²) >= 11 is 12.0. The standard InChI is InChI=1S/C19H17Cl2N3O.C2H6/c1-12(10-22)25-17-11-23-18(13-2-6-15(20)7-3-13)19(24-17)14-4-8-16(21)9-5-14;1-2/h2-9,11-12H,10,22H2,1H3;1-2H3. The Hall–Kier alpha value is -2.14. The van der Waals surface area contributed by atoms with Crippen molar-refractivity contribution in [1.82, 2.24) is 9.97 Å². The van der Waals surface area contributed by atoms with Crippen molar-refractivity contribution in [2.45, 2.75) is 26.9 Å². The molecule has 1 aromatic heterocycles. The van der Waals surface area contributed by atoms with Gasteiger partial charge in [0.05, 0.1) is 11.9 Å². The molecule has 0 saturated carbocycles. The van der Waals surface area contributed by atoms with Gasteiger partial charge in [-0.15, -0.1) is 0 Å². The van der Waals surface area contributed by atoms with Crippen LogP contribution in [-0.2, 0) is 0 Å². The number of aromatic nitrogens is 2. The number of hydrogen-bond acceptors (Lipinski definition) is 4. The molecule has 0 bridgehead atoms. The van der Waals surface area contributed by atoms with Gasteiger partial charge in [-0.1, -0.05) is 61.3 Å². The summed E-state index contributed by atoms with van der Waals surface area (Å²) in [6, 6.07) is 14.9. The van der Waals surface area contributed by atoms with Crippen LogP contribution in [0.15, 0.2) is 54.7 Å². The fraction of sp³-hybridized carbons (Fsp3) is 0.238. The molecule has 0 amide bonds. The molecular weight excluding hydrogens is 381 g/mol. The minimum Gasteiger partial charge on any atom is -0.472 e. The Morgan fingerprint density at radius 3 is 1.85 bits per heavy atom. The van der Waals surface area contributed by atoms with E-state index in [2.05, 4.69) is 9.97 Å². The first kappa shape index (κ1) is 21.2. The van der Waals surface area contributed by atoms with Gasteiger partial charge in [0.15, 0.2) is 0 Å². The van der Waals surface area contributed by atoms with Crippen molar-refractivity contribution in [3.8, 4) is 28.4 Å². The summed E-state index contributed by atoms with van der Waals surface area (Å²) < 4.78 is 5.71. The van der Waals surface area contributed by atoms with Gasteiger partial charge in [-0.2, -0.15) is 0 Å². The van der Waals surface area contributed by atoms with Crippen LogP contribution in [-0.4, -0.2) is 22.6 Å². The molecule has 0 fully saturated rings. The third-order valence-corrected chi connectivity index (χ3v) is 4.14. The van der Waals surface area contributed by atoms with Gasteiger partial charge >= 0.3 is 0 Å². The van der Waals surface area contributed by atoms with E-state index in [1.807, 2.05) is 69.3 Å². The van der Waals surface area contributed by atoms with Crippen molar-refractivity contribution < 1.29 is 4.74 Å². The summed E-state index contributed by atoms with van der Waals surface area (Å²) in [6.07, 6.45) is 1.46. The van der Waals surface area contributed by atoms with Gasteiger partial charge in [-0.25, -0.2) is 9.97 Å².